The summed E-state index contributed by atoms with van der Waals surface area (Å²) in [5, 5.41) is 3.08. The summed E-state index contributed by atoms with van der Waals surface area (Å²) in [6.07, 6.45) is 0.494. The van der Waals surface area contributed by atoms with Gasteiger partial charge in [-0.15, -0.1) is 11.8 Å². The largest absolute Gasteiger partial charge is 0.465 e. The number of halogens is 1. The Bertz CT molecular complexity index is 729. The number of hydrogen-bond donors (Lipinski definition) is 1. The molecule has 1 fully saturated rings. The van der Waals surface area contributed by atoms with Crippen LogP contribution in [-0.2, 0) is 9.53 Å². The zero-order valence-electron chi connectivity index (χ0n) is 15.4. The van der Waals surface area contributed by atoms with Crippen LogP contribution in [0.15, 0.2) is 50.2 Å². The number of aryl methyl sites for hydroxylation is 1. The van der Waals surface area contributed by atoms with Crippen molar-refractivity contribution in [3.05, 3.63) is 52.4 Å². The summed E-state index contributed by atoms with van der Waals surface area (Å²) in [5.41, 5.74) is 0. The summed E-state index contributed by atoms with van der Waals surface area (Å²) in [4.78, 5) is 15.8. The molecular weight excluding hydrogens is 428 g/mol. The highest BCUT2D eigenvalue weighted by molar-refractivity contribution is 9.10. The molecular formula is C20H25BrN2O3S. The highest BCUT2D eigenvalue weighted by atomic mass is 79.9. The van der Waals surface area contributed by atoms with Crippen molar-refractivity contribution in [2.75, 3.05) is 38.6 Å². The van der Waals surface area contributed by atoms with Crippen molar-refractivity contribution in [2.24, 2.45) is 0 Å². The highest BCUT2D eigenvalue weighted by Gasteiger charge is 2.25. The predicted octanol–water partition coefficient (Wildman–Crippen LogP) is 4.02. The summed E-state index contributed by atoms with van der Waals surface area (Å²) in [6, 6.07) is 12.2. The molecule has 1 N–H and O–H groups in total. The van der Waals surface area contributed by atoms with Gasteiger partial charge in [-0.25, -0.2) is 0 Å². The van der Waals surface area contributed by atoms with Crippen LogP contribution in [0.1, 0.15) is 24.0 Å². The Morgan fingerprint density at radius 1 is 1.22 bits per heavy atom. The second kappa shape index (κ2) is 10.3. The van der Waals surface area contributed by atoms with E-state index >= 15 is 0 Å². The van der Waals surface area contributed by atoms with Crippen LogP contribution in [0.4, 0.5) is 0 Å². The number of carbonyl (C=O) groups excluding carboxylic acids is 1. The molecule has 1 aromatic heterocycles. The monoisotopic (exact) mass is 452 g/mol. The van der Waals surface area contributed by atoms with Crippen LogP contribution in [-0.4, -0.2) is 49.4 Å². The lowest BCUT2D eigenvalue weighted by molar-refractivity contribution is -0.121. The Labute approximate surface area is 173 Å². The number of carbonyl (C=O) groups is 1. The van der Waals surface area contributed by atoms with Gasteiger partial charge in [-0.2, -0.15) is 0 Å². The van der Waals surface area contributed by atoms with Crippen molar-refractivity contribution in [2.45, 2.75) is 24.3 Å². The quantitative estimate of drug-likeness (QED) is 0.612. The second-order valence-electron chi connectivity index (χ2n) is 6.47. The molecule has 5 nitrogen and oxygen atoms in total. The molecule has 7 heteroatoms. The van der Waals surface area contributed by atoms with Crippen LogP contribution in [0.3, 0.4) is 0 Å². The molecule has 27 heavy (non-hydrogen) atoms. The third kappa shape index (κ3) is 6.38. The number of furan rings is 1. The van der Waals surface area contributed by atoms with Crippen molar-refractivity contribution < 1.29 is 13.9 Å². The lowest BCUT2D eigenvalue weighted by Crippen LogP contribution is -2.43. The van der Waals surface area contributed by atoms with E-state index in [9.17, 15) is 4.79 Å². The Morgan fingerprint density at radius 2 is 1.96 bits per heavy atom. The van der Waals surface area contributed by atoms with Gasteiger partial charge in [0.1, 0.15) is 11.5 Å². The first-order chi connectivity index (χ1) is 13.1. The van der Waals surface area contributed by atoms with Crippen LogP contribution < -0.4 is 5.32 Å². The fourth-order valence-electron chi connectivity index (χ4n) is 3.02. The summed E-state index contributed by atoms with van der Waals surface area (Å²) in [5.74, 6) is 2.62. The lowest BCUT2D eigenvalue weighted by atomic mass is 10.1. The molecule has 1 aliphatic rings. The zero-order chi connectivity index (χ0) is 19.1. The van der Waals surface area contributed by atoms with Gasteiger partial charge in [-0.3, -0.25) is 9.69 Å². The van der Waals surface area contributed by atoms with E-state index in [2.05, 4.69) is 38.3 Å². The number of morpholine rings is 1. The predicted molar refractivity (Wildman–Crippen MR) is 111 cm³/mol. The molecule has 0 radical (unpaired) electrons. The Hall–Kier alpha value is -1.28. The number of hydrogen-bond acceptors (Lipinski definition) is 5. The highest BCUT2D eigenvalue weighted by Crippen LogP contribution is 2.24. The minimum Gasteiger partial charge on any atom is -0.465 e. The van der Waals surface area contributed by atoms with Gasteiger partial charge in [0.25, 0.3) is 0 Å². The van der Waals surface area contributed by atoms with Gasteiger partial charge in [0, 0.05) is 41.2 Å². The Kier molecular flexibility index (Phi) is 7.81. The van der Waals surface area contributed by atoms with Crippen LogP contribution >= 0.6 is 27.7 Å². The van der Waals surface area contributed by atoms with Gasteiger partial charge >= 0.3 is 0 Å². The standard InChI is InChI=1S/C20H25BrN2O3S/c1-15-2-7-19(26-15)18(23-9-11-25-12-10-23)14-22-20(24)8-13-27-17-5-3-16(21)4-6-17/h2-7,18H,8-14H2,1H3,(H,22,24). The van der Waals surface area contributed by atoms with E-state index in [1.54, 1.807) is 11.8 Å². The SMILES string of the molecule is Cc1ccc(C(CNC(=O)CCSc2ccc(Br)cc2)N2CCOCC2)o1. The van der Waals surface area contributed by atoms with Crippen LogP contribution in [0.2, 0.25) is 0 Å². The fraction of sp³-hybridized carbons (Fsp3) is 0.450. The molecule has 1 atom stereocenters. The molecule has 1 amide bonds. The van der Waals surface area contributed by atoms with Gasteiger partial charge in [0.15, 0.2) is 0 Å². The van der Waals surface area contributed by atoms with Crippen molar-refractivity contribution in [1.29, 1.82) is 0 Å². The molecule has 2 aromatic rings. The zero-order valence-corrected chi connectivity index (χ0v) is 17.9. The smallest absolute Gasteiger partial charge is 0.220 e. The number of amides is 1. The molecule has 146 valence electrons. The van der Waals surface area contributed by atoms with Gasteiger partial charge in [0.05, 0.1) is 19.3 Å². The number of nitrogens with zero attached hydrogens (tertiary/aromatic N) is 1. The average Bonchev–Trinajstić information content (AvgIpc) is 3.10. The molecule has 1 aromatic carbocycles. The third-order valence-corrected chi connectivity index (χ3v) is 6.02. The summed E-state index contributed by atoms with van der Waals surface area (Å²) >= 11 is 5.12. The van der Waals surface area contributed by atoms with Crippen molar-refractivity contribution in [1.82, 2.24) is 10.2 Å². The number of thioether (sulfide) groups is 1. The van der Waals surface area contributed by atoms with E-state index in [1.165, 1.54) is 4.90 Å². The number of benzene rings is 1. The van der Waals surface area contributed by atoms with Gasteiger partial charge in [-0.1, -0.05) is 15.9 Å². The average molecular weight is 453 g/mol. The molecule has 0 spiro atoms. The van der Waals surface area contributed by atoms with Crippen molar-refractivity contribution in [3.63, 3.8) is 0 Å². The van der Waals surface area contributed by atoms with E-state index in [0.29, 0.717) is 26.2 Å². The number of ether oxygens (including phenoxy) is 1. The van der Waals surface area contributed by atoms with E-state index in [-0.39, 0.29) is 11.9 Å². The molecule has 2 heterocycles. The lowest BCUT2D eigenvalue weighted by Gasteiger charge is -2.33. The first kappa shape index (κ1) is 20.5. The fourth-order valence-corrected chi connectivity index (χ4v) is 4.14. The molecule has 0 saturated carbocycles. The molecule has 1 aliphatic heterocycles. The maximum absolute atomic E-state index is 12.3. The summed E-state index contributed by atoms with van der Waals surface area (Å²) < 4.78 is 12.4. The molecule has 1 saturated heterocycles. The van der Waals surface area contributed by atoms with Crippen LogP contribution in [0, 0.1) is 6.92 Å². The first-order valence-electron chi connectivity index (χ1n) is 9.15. The molecule has 0 aliphatic carbocycles. The van der Waals surface area contributed by atoms with E-state index in [1.807, 2.05) is 31.2 Å². The van der Waals surface area contributed by atoms with E-state index in [0.717, 1.165) is 34.8 Å². The van der Waals surface area contributed by atoms with Gasteiger partial charge in [-0.05, 0) is 43.3 Å². The molecule has 0 bridgehead atoms. The summed E-state index contributed by atoms with van der Waals surface area (Å²) in [6.45, 7) is 5.62. The number of nitrogens with one attached hydrogen (secondary N) is 1. The van der Waals surface area contributed by atoms with Crippen LogP contribution in [0.5, 0.6) is 0 Å². The molecule has 1 unspecified atom stereocenters. The van der Waals surface area contributed by atoms with E-state index < -0.39 is 0 Å². The van der Waals surface area contributed by atoms with E-state index in [4.69, 9.17) is 9.15 Å². The first-order valence-corrected chi connectivity index (χ1v) is 10.9. The normalized spacial score (nSPS) is 16.2. The minimum absolute atomic E-state index is 0.0469. The van der Waals surface area contributed by atoms with Crippen molar-refractivity contribution in [3.8, 4) is 0 Å². The van der Waals surface area contributed by atoms with Crippen molar-refractivity contribution >= 4 is 33.6 Å². The number of rotatable bonds is 8. The maximum Gasteiger partial charge on any atom is 0.220 e. The third-order valence-electron chi connectivity index (χ3n) is 4.48. The maximum atomic E-state index is 12.3. The Morgan fingerprint density at radius 3 is 2.63 bits per heavy atom. The molecule has 3 rings (SSSR count). The topological polar surface area (TPSA) is 54.7 Å². The minimum atomic E-state index is 0.0469. The second-order valence-corrected chi connectivity index (χ2v) is 8.55. The van der Waals surface area contributed by atoms with Crippen LogP contribution in [0.25, 0.3) is 0 Å². The Balaban J connectivity index is 1.48. The van der Waals surface area contributed by atoms with Gasteiger partial charge in [0.2, 0.25) is 5.91 Å². The summed E-state index contributed by atoms with van der Waals surface area (Å²) in [7, 11) is 0. The van der Waals surface area contributed by atoms with Gasteiger partial charge < -0.3 is 14.5 Å².